The van der Waals surface area contributed by atoms with Gasteiger partial charge in [-0.25, -0.2) is 8.42 Å². The number of carbonyl (C=O) groups is 1. The van der Waals surface area contributed by atoms with E-state index >= 15 is 0 Å². The van der Waals surface area contributed by atoms with Gasteiger partial charge in [0.2, 0.25) is 10.0 Å². The predicted molar refractivity (Wildman–Crippen MR) is 70.0 cm³/mol. The Labute approximate surface area is 119 Å². The van der Waals surface area contributed by atoms with Gasteiger partial charge in [0, 0.05) is 11.6 Å². The first-order chi connectivity index (χ1) is 9.19. The third-order valence-corrected chi connectivity index (χ3v) is 4.20. The van der Waals surface area contributed by atoms with Gasteiger partial charge in [0.1, 0.15) is 6.54 Å². The van der Waals surface area contributed by atoms with Crippen LogP contribution in [0.5, 0.6) is 0 Å². The number of carbonyl (C=O) groups excluding carboxylic acids is 1. The van der Waals surface area contributed by atoms with Crippen LogP contribution in [0.2, 0.25) is 5.02 Å². The number of ether oxygens (including phenoxy) is 1. The minimum atomic E-state index is -4.10. The smallest absolute Gasteiger partial charge is 0.320 e. The number of nitrogens with one attached hydrogen (secondary N) is 1. The van der Waals surface area contributed by atoms with E-state index in [1.54, 1.807) is 0 Å². The lowest BCUT2D eigenvalue weighted by atomic mass is 10.2. The number of benzene rings is 1. The zero-order valence-corrected chi connectivity index (χ0v) is 12.1. The lowest BCUT2D eigenvalue weighted by molar-refractivity contribution is -0.385. The van der Waals surface area contributed by atoms with Crippen molar-refractivity contribution in [3.63, 3.8) is 0 Å². The lowest BCUT2D eigenvalue weighted by Gasteiger charge is -2.07. The second-order valence-corrected chi connectivity index (χ2v) is 5.88. The summed E-state index contributed by atoms with van der Waals surface area (Å²) in [5, 5.41) is 10.8. The molecule has 1 aromatic carbocycles. The lowest BCUT2D eigenvalue weighted by Crippen LogP contribution is -2.30. The van der Waals surface area contributed by atoms with Crippen molar-refractivity contribution in [1.82, 2.24) is 4.72 Å². The number of hydrogen-bond acceptors (Lipinski definition) is 6. The molecule has 1 N–H and O–H groups in total. The van der Waals surface area contributed by atoms with Crippen LogP contribution in [0.3, 0.4) is 0 Å². The summed E-state index contributed by atoms with van der Waals surface area (Å²) in [5.74, 6) is -0.790. The number of methoxy groups -OCH3 is 1. The van der Waals surface area contributed by atoms with Gasteiger partial charge in [-0.3, -0.25) is 14.9 Å². The third kappa shape index (κ3) is 3.65. The summed E-state index contributed by atoms with van der Waals surface area (Å²) >= 11 is 5.77. The number of halogens is 1. The van der Waals surface area contributed by atoms with E-state index < -0.39 is 38.0 Å². The molecule has 20 heavy (non-hydrogen) atoms. The Morgan fingerprint density at radius 3 is 2.60 bits per heavy atom. The second kappa shape index (κ2) is 6.16. The molecule has 0 aliphatic heterocycles. The standard InChI is InChI=1S/C10H11ClN2O6S/c1-6-8(11)3-7(4-9(6)13(15)16)20(17,18)12-5-10(14)19-2/h3-4,12H,5H2,1-2H3. The summed E-state index contributed by atoms with van der Waals surface area (Å²) in [6.45, 7) is 0.816. The van der Waals surface area contributed by atoms with Crippen molar-refractivity contribution in [1.29, 1.82) is 0 Å². The first kappa shape index (κ1) is 16.3. The average Bonchev–Trinajstić information content (AvgIpc) is 2.38. The number of esters is 1. The van der Waals surface area contributed by atoms with Crippen LogP contribution in [0.25, 0.3) is 0 Å². The molecule has 0 saturated carbocycles. The highest BCUT2D eigenvalue weighted by Crippen LogP contribution is 2.29. The Bertz CT molecular complexity index is 658. The summed E-state index contributed by atoms with van der Waals surface area (Å²) in [4.78, 5) is 20.6. The van der Waals surface area contributed by atoms with Crippen molar-refractivity contribution in [2.75, 3.05) is 13.7 Å². The Balaban J connectivity index is 3.19. The largest absolute Gasteiger partial charge is 0.468 e. The van der Waals surface area contributed by atoms with Crippen LogP contribution in [-0.4, -0.2) is 33.0 Å². The quantitative estimate of drug-likeness (QED) is 0.491. The van der Waals surface area contributed by atoms with Gasteiger partial charge < -0.3 is 4.74 Å². The average molecular weight is 323 g/mol. The molecule has 0 spiro atoms. The Morgan fingerprint density at radius 2 is 2.10 bits per heavy atom. The van der Waals surface area contributed by atoms with Crippen LogP contribution >= 0.6 is 11.6 Å². The van der Waals surface area contributed by atoms with Crippen LogP contribution in [0.15, 0.2) is 17.0 Å². The number of rotatable bonds is 5. The van der Waals surface area contributed by atoms with E-state index in [0.29, 0.717) is 0 Å². The predicted octanol–water partition coefficient (Wildman–Crippen LogP) is 1.01. The zero-order chi connectivity index (χ0) is 15.5. The molecule has 1 aromatic rings. The van der Waals surface area contributed by atoms with Gasteiger partial charge in [-0.1, -0.05) is 11.6 Å². The normalized spacial score (nSPS) is 11.2. The topological polar surface area (TPSA) is 116 Å². The fraction of sp³-hybridized carbons (Fsp3) is 0.300. The maximum Gasteiger partial charge on any atom is 0.320 e. The fourth-order valence-corrected chi connectivity index (χ4v) is 2.59. The molecule has 10 heteroatoms. The van der Waals surface area contributed by atoms with Gasteiger partial charge in [0.25, 0.3) is 5.69 Å². The third-order valence-electron chi connectivity index (χ3n) is 2.43. The maximum atomic E-state index is 11.9. The Morgan fingerprint density at radius 1 is 1.50 bits per heavy atom. The first-order valence-corrected chi connectivity index (χ1v) is 7.06. The molecule has 0 saturated heterocycles. The molecule has 0 unspecified atom stereocenters. The minimum absolute atomic E-state index is 0.0577. The highest BCUT2D eigenvalue weighted by molar-refractivity contribution is 7.89. The summed E-state index contributed by atoms with van der Waals surface area (Å²) in [6, 6.07) is 1.95. The molecular weight excluding hydrogens is 312 g/mol. The number of nitro groups is 1. The van der Waals surface area contributed by atoms with Crippen molar-refractivity contribution in [3.05, 3.63) is 32.8 Å². The summed E-state index contributed by atoms with van der Waals surface area (Å²) < 4.78 is 30.0. The molecule has 0 radical (unpaired) electrons. The summed E-state index contributed by atoms with van der Waals surface area (Å²) in [6.07, 6.45) is 0. The summed E-state index contributed by atoms with van der Waals surface area (Å²) in [5.41, 5.74) is -0.264. The first-order valence-electron chi connectivity index (χ1n) is 5.20. The van der Waals surface area contributed by atoms with Gasteiger partial charge >= 0.3 is 5.97 Å². The van der Waals surface area contributed by atoms with Crippen molar-refractivity contribution in [3.8, 4) is 0 Å². The molecule has 0 heterocycles. The van der Waals surface area contributed by atoms with Crippen LogP contribution in [0.1, 0.15) is 5.56 Å². The molecule has 0 bridgehead atoms. The Hall–Kier alpha value is -1.71. The molecular formula is C10H11ClN2O6S. The molecule has 0 fully saturated rings. The van der Waals surface area contributed by atoms with E-state index in [2.05, 4.69) is 4.74 Å². The molecule has 0 atom stereocenters. The number of nitrogens with zero attached hydrogens (tertiary/aromatic N) is 1. The monoisotopic (exact) mass is 322 g/mol. The molecule has 0 aliphatic rings. The van der Waals surface area contributed by atoms with E-state index in [4.69, 9.17) is 11.6 Å². The van der Waals surface area contributed by atoms with Gasteiger partial charge in [-0.15, -0.1) is 0 Å². The number of sulfonamides is 1. The van der Waals surface area contributed by atoms with Crippen LogP contribution < -0.4 is 4.72 Å². The molecule has 0 aliphatic carbocycles. The zero-order valence-electron chi connectivity index (χ0n) is 10.5. The fourth-order valence-electron chi connectivity index (χ4n) is 1.29. The van der Waals surface area contributed by atoms with Gasteiger partial charge in [0.05, 0.1) is 22.0 Å². The molecule has 0 amide bonds. The molecule has 110 valence electrons. The van der Waals surface area contributed by atoms with Gasteiger partial charge in [-0.05, 0) is 13.0 Å². The van der Waals surface area contributed by atoms with Gasteiger partial charge in [-0.2, -0.15) is 4.72 Å². The number of hydrogen-bond donors (Lipinski definition) is 1. The van der Waals surface area contributed by atoms with Crippen molar-refractivity contribution in [2.45, 2.75) is 11.8 Å². The maximum absolute atomic E-state index is 11.9. The molecule has 0 aromatic heterocycles. The van der Waals surface area contributed by atoms with E-state index in [9.17, 15) is 23.3 Å². The molecule has 1 rings (SSSR count). The second-order valence-electron chi connectivity index (χ2n) is 3.71. The van der Waals surface area contributed by atoms with E-state index in [1.165, 1.54) is 6.92 Å². The SMILES string of the molecule is COC(=O)CNS(=O)(=O)c1cc(Cl)c(C)c([N+](=O)[O-])c1. The van der Waals surface area contributed by atoms with Crippen molar-refractivity contribution >= 4 is 33.3 Å². The Kier molecular flexibility index (Phi) is 5.03. The number of nitro benzene ring substituents is 1. The van der Waals surface area contributed by atoms with E-state index in [0.717, 1.165) is 19.2 Å². The van der Waals surface area contributed by atoms with Crippen molar-refractivity contribution < 1.29 is 22.9 Å². The van der Waals surface area contributed by atoms with E-state index in [1.807, 2.05) is 4.72 Å². The van der Waals surface area contributed by atoms with Crippen molar-refractivity contribution in [2.24, 2.45) is 0 Å². The van der Waals surface area contributed by atoms with Gasteiger partial charge in [0.15, 0.2) is 0 Å². The minimum Gasteiger partial charge on any atom is -0.468 e. The van der Waals surface area contributed by atoms with Crippen LogP contribution in [0, 0.1) is 17.0 Å². The highest BCUT2D eigenvalue weighted by Gasteiger charge is 2.23. The highest BCUT2D eigenvalue weighted by atomic mass is 35.5. The summed E-state index contributed by atoms with van der Waals surface area (Å²) in [7, 11) is -3.00. The van der Waals surface area contributed by atoms with E-state index in [-0.39, 0.29) is 10.6 Å². The van der Waals surface area contributed by atoms with Crippen LogP contribution in [0.4, 0.5) is 5.69 Å². The molecule has 8 nitrogen and oxygen atoms in total. The van der Waals surface area contributed by atoms with Crippen LogP contribution in [-0.2, 0) is 19.6 Å².